The molecule has 0 aliphatic heterocycles. The fourth-order valence-corrected chi connectivity index (χ4v) is 4.52. The van der Waals surface area contributed by atoms with Crippen LogP contribution in [-0.4, -0.2) is 19.1 Å². The van der Waals surface area contributed by atoms with E-state index >= 15 is 0 Å². The molecule has 0 bridgehead atoms. The molecule has 37 heavy (non-hydrogen) atoms. The summed E-state index contributed by atoms with van der Waals surface area (Å²) in [6.45, 7) is 11.2. The van der Waals surface area contributed by atoms with Gasteiger partial charge >= 0.3 is 0 Å². The van der Waals surface area contributed by atoms with E-state index in [1.54, 1.807) is 29.2 Å². The number of rotatable bonds is 5. The first kappa shape index (κ1) is 23.7. The quantitative estimate of drug-likeness (QED) is 0.345. The van der Waals surface area contributed by atoms with Crippen molar-refractivity contribution in [3.63, 3.8) is 0 Å². The van der Waals surface area contributed by atoms with Crippen molar-refractivity contribution in [2.24, 2.45) is 7.05 Å². The smallest absolute Gasteiger partial charge is 0.263 e. The predicted molar refractivity (Wildman–Crippen MR) is 145 cm³/mol. The van der Waals surface area contributed by atoms with E-state index in [4.69, 9.17) is 6.57 Å². The molecule has 0 radical (unpaired) electrons. The number of nitrogens with one attached hydrogen (secondary N) is 1. The van der Waals surface area contributed by atoms with E-state index in [0.29, 0.717) is 45.4 Å². The van der Waals surface area contributed by atoms with Crippen LogP contribution in [0.15, 0.2) is 88.6 Å². The summed E-state index contributed by atoms with van der Waals surface area (Å²) in [5, 5.41) is 4.58. The number of aryl methyl sites for hydroxylation is 1. The monoisotopic (exact) mass is 488 g/mol. The average molecular weight is 489 g/mol. The highest BCUT2D eigenvalue weighted by molar-refractivity contribution is 5.95. The Kier molecular flexibility index (Phi) is 6.12. The first-order valence-electron chi connectivity index (χ1n) is 11.8. The summed E-state index contributed by atoms with van der Waals surface area (Å²) in [7, 11) is 1.70. The molecule has 1 atom stereocenters. The molecule has 0 aliphatic rings. The molecule has 0 unspecified atom stereocenters. The highest BCUT2D eigenvalue weighted by atomic mass is 16.1. The Hall–Kier alpha value is -5.03. The van der Waals surface area contributed by atoms with E-state index in [1.807, 2.05) is 67.6 Å². The SMILES string of the molecule is [C-]#[N+]c1cnc(C)nc1N[C@@H](C)c1cc2cccc(-c3cccc(=O)n3C)c2c(=O)n1-c1ccccc1. The lowest BCUT2D eigenvalue weighted by molar-refractivity contribution is 0.772. The molecule has 5 aromatic rings. The molecule has 182 valence electrons. The van der Waals surface area contributed by atoms with Crippen molar-refractivity contribution in [2.45, 2.75) is 19.9 Å². The largest absolute Gasteiger partial charge is 0.371 e. The zero-order valence-electron chi connectivity index (χ0n) is 20.6. The lowest BCUT2D eigenvalue weighted by atomic mass is 10.0. The zero-order valence-corrected chi connectivity index (χ0v) is 20.6. The normalized spacial score (nSPS) is 11.7. The van der Waals surface area contributed by atoms with Crippen LogP contribution in [0.3, 0.4) is 0 Å². The molecule has 0 amide bonds. The Morgan fingerprint density at radius 3 is 2.51 bits per heavy atom. The maximum atomic E-state index is 14.2. The maximum absolute atomic E-state index is 14.2. The number of hydrogen-bond donors (Lipinski definition) is 1. The fourth-order valence-electron chi connectivity index (χ4n) is 4.52. The minimum Gasteiger partial charge on any atom is -0.371 e. The molecule has 3 heterocycles. The van der Waals surface area contributed by atoms with E-state index in [2.05, 4.69) is 20.1 Å². The van der Waals surface area contributed by atoms with Gasteiger partial charge in [-0.3, -0.25) is 19.1 Å². The molecule has 5 rings (SSSR count). The number of benzene rings is 2. The molecule has 1 N–H and O–H groups in total. The summed E-state index contributed by atoms with van der Waals surface area (Å²) in [6.07, 6.45) is 1.49. The molecule has 0 spiro atoms. The lowest BCUT2D eigenvalue weighted by Crippen LogP contribution is -2.26. The first-order valence-corrected chi connectivity index (χ1v) is 11.8. The molecular weight excluding hydrogens is 464 g/mol. The van der Waals surface area contributed by atoms with Gasteiger partial charge in [0.25, 0.3) is 11.1 Å². The van der Waals surface area contributed by atoms with E-state index in [9.17, 15) is 9.59 Å². The van der Waals surface area contributed by atoms with Crippen molar-refractivity contribution in [3.8, 4) is 16.9 Å². The van der Waals surface area contributed by atoms with Crippen LogP contribution in [0.1, 0.15) is 24.5 Å². The van der Waals surface area contributed by atoms with E-state index in [0.717, 1.165) is 5.39 Å². The van der Waals surface area contributed by atoms with Crippen LogP contribution in [0.2, 0.25) is 0 Å². The van der Waals surface area contributed by atoms with E-state index < -0.39 is 0 Å². The summed E-state index contributed by atoms with van der Waals surface area (Å²) < 4.78 is 3.22. The minimum atomic E-state index is -0.378. The highest BCUT2D eigenvalue weighted by Gasteiger charge is 2.20. The maximum Gasteiger partial charge on any atom is 0.263 e. The second-order valence-corrected chi connectivity index (χ2v) is 8.75. The summed E-state index contributed by atoms with van der Waals surface area (Å²) in [6, 6.07) is 21.7. The van der Waals surface area contributed by atoms with Gasteiger partial charge < -0.3 is 9.88 Å². The molecule has 0 aliphatic carbocycles. The third-order valence-electron chi connectivity index (χ3n) is 6.36. The minimum absolute atomic E-state index is 0.150. The van der Waals surface area contributed by atoms with Crippen molar-refractivity contribution in [3.05, 3.63) is 123 Å². The molecule has 8 heteroatoms. The van der Waals surface area contributed by atoms with Crippen LogP contribution in [0.4, 0.5) is 11.5 Å². The zero-order chi connectivity index (χ0) is 26.1. The fraction of sp³-hybridized carbons (Fsp3) is 0.138. The molecule has 3 aromatic heterocycles. The summed E-state index contributed by atoms with van der Waals surface area (Å²) in [5.74, 6) is 0.953. The molecule has 0 fully saturated rings. The number of nitrogens with zero attached hydrogens (tertiary/aromatic N) is 5. The van der Waals surface area contributed by atoms with Gasteiger partial charge in [0.1, 0.15) is 11.6 Å². The molecular formula is C29H24N6O2. The van der Waals surface area contributed by atoms with Gasteiger partial charge in [-0.25, -0.2) is 9.83 Å². The van der Waals surface area contributed by atoms with Crippen LogP contribution in [0, 0.1) is 13.5 Å². The van der Waals surface area contributed by atoms with Gasteiger partial charge in [0.2, 0.25) is 5.69 Å². The van der Waals surface area contributed by atoms with Crippen molar-refractivity contribution >= 4 is 22.3 Å². The third kappa shape index (κ3) is 4.28. The van der Waals surface area contributed by atoms with Crippen molar-refractivity contribution < 1.29 is 0 Å². The lowest BCUT2D eigenvalue weighted by Gasteiger charge is -2.22. The second kappa shape index (κ2) is 9.55. The van der Waals surface area contributed by atoms with E-state index in [-0.39, 0.29) is 17.2 Å². The van der Waals surface area contributed by atoms with Gasteiger partial charge in [0.05, 0.1) is 23.7 Å². The van der Waals surface area contributed by atoms with E-state index in [1.165, 1.54) is 12.3 Å². The summed E-state index contributed by atoms with van der Waals surface area (Å²) >= 11 is 0. The van der Waals surface area contributed by atoms with Crippen LogP contribution in [0.25, 0.3) is 32.6 Å². The Morgan fingerprint density at radius 1 is 1.00 bits per heavy atom. The molecule has 8 nitrogen and oxygen atoms in total. The van der Waals surface area contributed by atoms with Gasteiger partial charge in [-0.2, -0.15) is 0 Å². The predicted octanol–water partition coefficient (Wildman–Crippen LogP) is 5.18. The second-order valence-electron chi connectivity index (χ2n) is 8.75. The molecule has 0 saturated carbocycles. The number of para-hydroxylation sites is 1. The standard InChI is InChI=1S/C29H24N6O2/c1-18(32-28-23(30-3)17-31-19(2)33-28)25-16-20-10-8-13-22(24-14-9-15-26(36)34(24)4)27(20)29(37)35(25)21-11-6-5-7-12-21/h5-18H,1-2,4H3,(H,31,32,33)/t18-/m0/s1. The van der Waals surface area contributed by atoms with Crippen molar-refractivity contribution in [2.75, 3.05) is 5.32 Å². The average Bonchev–Trinajstić information content (AvgIpc) is 2.90. The Bertz CT molecular complexity index is 1800. The van der Waals surface area contributed by atoms with Crippen LogP contribution in [-0.2, 0) is 7.05 Å². The number of pyridine rings is 2. The van der Waals surface area contributed by atoms with Crippen LogP contribution in [0.5, 0.6) is 0 Å². The number of anilines is 1. The number of fused-ring (bicyclic) bond motifs is 1. The van der Waals surface area contributed by atoms with Crippen LogP contribution < -0.4 is 16.4 Å². The Labute approximate surface area is 213 Å². The Balaban J connectivity index is 1.78. The van der Waals surface area contributed by atoms with Crippen molar-refractivity contribution in [1.82, 2.24) is 19.1 Å². The van der Waals surface area contributed by atoms with Gasteiger partial charge in [0, 0.05) is 36.3 Å². The van der Waals surface area contributed by atoms with Gasteiger partial charge in [-0.15, -0.1) is 0 Å². The van der Waals surface area contributed by atoms with Gasteiger partial charge in [0.15, 0.2) is 0 Å². The summed E-state index contributed by atoms with van der Waals surface area (Å²) in [5.41, 5.74) is 2.70. The van der Waals surface area contributed by atoms with Gasteiger partial charge in [-0.1, -0.05) is 42.5 Å². The number of aromatic nitrogens is 4. The van der Waals surface area contributed by atoms with Crippen LogP contribution >= 0.6 is 0 Å². The topological polar surface area (TPSA) is 86.2 Å². The highest BCUT2D eigenvalue weighted by Crippen LogP contribution is 2.31. The van der Waals surface area contributed by atoms with Crippen molar-refractivity contribution in [1.29, 1.82) is 0 Å². The Morgan fingerprint density at radius 2 is 1.76 bits per heavy atom. The molecule has 2 aromatic carbocycles. The first-order chi connectivity index (χ1) is 17.9. The summed E-state index contributed by atoms with van der Waals surface area (Å²) in [4.78, 5) is 38.7. The third-order valence-corrected chi connectivity index (χ3v) is 6.36. The number of hydrogen-bond acceptors (Lipinski definition) is 5. The molecule has 0 saturated heterocycles. The van der Waals surface area contributed by atoms with Gasteiger partial charge in [-0.05, 0) is 43.5 Å².